The van der Waals surface area contributed by atoms with Crippen LogP contribution in [-0.2, 0) is 0 Å². The SMILES string of the molecule is CCC(=O)c1cccc(O)c1Cl. The van der Waals surface area contributed by atoms with E-state index in [1.54, 1.807) is 19.1 Å². The molecule has 0 atom stereocenters. The summed E-state index contributed by atoms with van der Waals surface area (Å²) in [5.41, 5.74) is 0.388. The van der Waals surface area contributed by atoms with Crippen LogP contribution in [0.4, 0.5) is 0 Å². The molecule has 0 unspecified atom stereocenters. The van der Waals surface area contributed by atoms with Gasteiger partial charge in [0, 0.05) is 12.0 Å². The summed E-state index contributed by atoms with van der Waals surface area (Å²) in [7, 11) is 0. The molecule has 0 aliphatic heterocycles. The highest BCUT2D eigenvalue weighted by Crippen LogP contribution is 2.27. The van der Waals surface area contributed by atoms with Gasteiger partial charge in [0.15, 0.2) is 5.78 Å². The van der Waals surface area contributed by atoms with E-state index in [2.05, 4.69) is 0 Å². The Balaban J connectivity index is 3.16. The molecule has 0 aromatic heterocycles. The van der Waals surface area contributed by atoms with Crippen molar-refractivity contribution in [2.75, 3.05) is 0 Å². The predicted molar refractivity (Wildman–Crippen MR) is 47.7 cm³/mol. The van der Waals surface area contributed by atoms with E-state index in [0.29, 0.717) is 12.0 Å². The van der Waals surface area contributed by atoms with Gasteiger partial charge in [-0.25, -0.2) is 0 Å². The number of rotatable bonds is 2. The molecule has 12 heavy (non-hydrogen) atoms. The molecule has 0 saturated heterocycles. The zero-order valence-corrected chi connectivity index (χ0v) is 7.43. The van der Waals surface area contributed by atoms with Gasteiger partial charge in [-0.1, -0.05) is 24.6 Å². The lowest BCUT2D eigenvalue weighted by Crippen LogP contribution is -1.96. The van der Waals surface area contributed by atoms with Crippen molar-refractivity contribution in [3.05, 3.63) is 28.8 Å². The van der Waals surface area contributed by atoms with Gasteiger partial charge < -0.3 is 5.11 Å². The van der Waals surface area contributed by atoms with Gasteiger partial charge in [-0.2, -0.15) is 0 Å². The largest absolute Gasteiger partial charge is 0.506 e. The number of aromatic hydroxyl groups is 1. The summed E-state index contributed by atoms with van der Waals surface area (Å²) in [6.07, 6.45) is 0.392. The first-order valence-electron chi connectivity index (χ1n) is 3.67. The van der Waals surface area contributed by atoms with Gasteiger partial charge in [0.25, 0.3) is 0 Å². The minimum atomic E-state index is -0.0594. The molecule has 1 N–H and O–H groups in total. The third kappa shape index (κ3) is 1.59. The molecule has 0 spiro atoms. The van der Waals surface area contributed by atoms with Crippen molar-refractivity contribution in [2.24, 2.45) is 0 Å². The molecule has 64 valence electrons. The average Bonchev–Trinajstić information content (AvgIpc) is 2.08. The Morgan fingerprint density at radius 3 is 2.83 bits per heavy atom. The van der Waals surface area contributed by atoms with Crippen LogP contribution >= 0.6 is 11.6 Å². The number of phenolic OH excluding ortho intramolecular Hbond substituents is 1. The van der Waals surface area contributed by atoms with Crippen LogP contribution in [0.25, 0.3) is 0 Å². The Kier molecular flexibility index (Phi) is 2.71. The number of phenols is 1. The molecule has 0 radical (unpaired) electrons. The van der Waals surface area contributed by atoms with Crippen LogP contribution in [-0.4, -0.2) is 10.9 Å². The van der Waals surface area contributed by atoms with E-state index in [1.165, 1.54) is 6.07 Å². The van der Waals surface area contributed by atoms with Crippen molar-refractivity contribution in [2.45, 2.75) is 13.3 Å². The number of halogens is 1. The number of hydrogen-bond donors (Lipinski definition) is 1. The first-order valence-corrected chi connectivity index (χ1v) is 4.05. The predicted octanol–water partition coefficient (Wildman–Crippen LogP) is 2.64. The number of carbonyl (C=O) groups is 1. The van der Waals surface area contributed by atoms with Gasteiger partial charge in [-0.05, 0) is 12.1 Å². The third-order valence-electron chi connectivity index (χ3n) is 1.60. The molecular formula is C9H9ClO2. The molecular weight excluding hydrogens is 176 g/mol. The molecule has 3 heteroatoms. The first-order chi connectivity index (χ1) is 5.66. The maximum Gasteiger partial charge on any atom is 0.164 e. The van der Waals surface area contributed by atoms with Crippen LogP contribution in [0.15, 0.2) is 18.2 Å². The van der Waals surface area contributed by atoms with E-state index >= 15 is 0 Å². The van der Waals surface area contributed by atoms with Gasteiger partial charge in [-0.15, -0.1) is 0 Å². The number of carbonyl (C=O) groups excluding carboxylic acids is 1. The molecule has 1 aromatic carbocycles. The molecule has 2 nitrogen and oxygen atoms in total. The lowest BCUT2D eigenvalue weighted by Gasteiger charge is -2.01. The third-order valence-corrected chi connectivity index (χ3v) is 2.00. The van der Waals surface area contributed by atoms with E-state index in [1.807, 2.05) is 0 Å². The van der Waals surface area contributed by atoms with E-state index in [0.717, 1.165) is 0 Å². The fourth-order valence-electron chi connectivity index (χ4n) is 0.926. The Hall–Kier alpha value is -1.02. The minimum absolute atomic E-state index is 0.0454. The van der Waals surface area contributed by atoms with Crippen molar-refractivity contribution < 1.29 is 9.90 Å². The number of Topliss-reactive ketones (excluding diaryl/α,β-unsaturated/α-hetero) is 1. The Morgan fingerprint density at radius 2 is 2.25 bits per heavy atom. The van der Waals surface area contributed by atoms with Crippen LogP contribution < -0.4 is 0 Å². The van der Waals surface area contributed by atoms with Crippen LogP contribution in [0, 0.1) is 0 Å². The first kappa shape index (κ1) is 9.07. The van der Waals surface area contributed by atoms with E-state index in [9.17, 15) is 4.79 Å². The Labute approximate surface area is 75.8 Å². The van der Waals surface area contributed by atoms with E-state index < -0.39 is 0 Å². The van der Waals surface area contributed by atoms with Crippen LogP contribution in [0.2, 0.25) is 5.02 Å². The van der Waals surface area contributed by atoms with Crippen molar-refractivity contribution in [1.82, 2.24) is 0 Å². The summed E-state index contributed by atoms with van der Waals surface area (Å²) in [6, 6.07) is 4.66. The van der Waals surface area contributed by atoms with Gasteiger partial charge in [0.2, 0.25) is 0 Å². The monoisotopic (exact) mass is 184 g/mol. The molecule has 0 bridgehead atoms. The average molecular weight is 185 g/mol. The highest BCUT2D eigenvalue weighted by Gasteiger charge is 2.10. The Morgan fingerprint density at radius 1 is 1.58 bits per heavy atom. The summed E-state index contributed by atoms with van der Waals surface area (Å²) in [4.78, 5) is 11.2. The fraction of sp³-hybridized carbons (Fsp3) is 0.222. The van der Waals surface area contributed by atoms with Gasteiger partial charge in [0.1, 0.15) is 5.75 Å². The standard InChI is InChI=1S/C9H9ClO2/c1-2-7(11)6-4-3-5-8(12)9(6)10/h3-5,12H,2H2,1H3. The van der Waals surface area contributed by atoms with E-state index in [-0.39, 0.29) is 16.6 Å². The molecule has 0 aliphatic carbocycles. The van der Waals surface area contributed by atoms with Gasteiger partial charge >= 0.3 is 0 Å². The van der Waals surface area contributed by atoms with Crippen molar-refractivity contribution >= 4 is 17.4 Å². The summed E-state index contributed by atoms with van der Waals surface area (Å²) >= 11 is 5.70. The summed E-state index contributed by atoms with van der Waals surface area (Å²) < 4.78 is 0. The number of benzene rings is 1. The zero-order chi connectivity index (χ0) is 9.14. The molecule has 0 aliphatic rings. The van der Waals surface area contributed by atoms with Crippen LogP contribution in [0.5, 0.6) is 5.75 Å². The number of ketones is 1. The van der Waals surface area contributed by atoms with E-state index in [4.69, 9.17) is 16.7 Å². The molecule has 0 heterocycles. The second kappa shape index (κ2) is 3.59. The number of hydrogen-bond acceptors (Lipinski definition) is 2. The van der Waals surface area contributed by atoms with Crippen molar-refractivity contribution in [3.63, 3.8) is 0 Å². The smallest absolute Gasteiger partial charge is 0.164 e. The molecule has 1 aromatic rings. The summed E-state index contributed by atoms with van der Waals surface area (Å²) in [6.45, 7) is 1.75. The van der Waals surface area contributed by atoms with Crippen LogP contribution in [0.1, 0.15) is 23.7 Å². The lowest BCUT2D eigenvalue weighted by atomic mass is 10.1. The zero-order valence-electron chi connectivity index (χ0n) is 6.67. The summed E-state index contributed by atoms with van der Waals surface area (Å²) in [5.74, 6) is -0.105. The topological polar surface area (TPSA) is 37.3 Å². The maximum atomic E-state index is 11.2. The van der Waals surface area contributed by atoms with Crippen LogP contribution in [0.3, 0.4) is 0 Å². The highest BCUT2D eigenvalue weighted by atomic mass is 35.5. The van der Waals surface area contributed by atoms with Gasteiger partial charge in [-0.3, -0.25) is 4.79 Å². The normalized spacial score (nSPS) is 9.83. The second-order valence-corrected chi connectivity index (χ2v) is 2.79. The molecule has 1 rings (SSSR count). The quantitative estimate of drug-likeness (QED) is 0.718. The fourth-order valence-corrected chi connectivity index (χ4v) is 1.16. The molecule has 0 fully saturated rings. The summed E-state index contributed by atoms with van der Waals surface area (Å²) in [5, 5.41) is 9.30. The lowest BCUT2D eigenvalue weighted by molar-refractivity contribution is 0.0988. The maximum absolute atomic E-state index is 11.2. The minimum Gasteiger partial charge on any atom is -0.506 e. The second-order valence-electron chi connectivity index (χ2n) is 2.42. The molecule has 0 saturated carbocycles. The molecule has 0 amide bonds. The van der Waals surface area contributed by atoms with Crippen molar-refractivity contribution in [1.29, 1.82) is 0 Å². The highest BCUT2D eigenvalue weighted by molar-refractivity contribution is 6.35. The van der Waals surface area contributed by atoms with Crippen molar-refractivity contribution in [3.8, 4) is 5.75 Å². The Bertz CT molecular complexity index is 307. The van der Waals surface area contributed by atoms with Gasteiger partial charge in [0.05, 0.1) is 5.02 Å².